The van der Waals surface area contributed by atoms with E-state index in [4.69, 9.17) is 8.94 Å². The summed E-state index contributed by atoms with van der Waals surface area (Å²) in [4.78, 5) is 11.5. The summed E-state index contributed by atoms with van der Waals surface area (Å²) >= 11 is 0. The second-order valence-corrected chi connectivity index (χ2v) is 7.03. The van der Waals surface area contributed by atoms with Crippen molar-refractivity contribution in [3.63, 3.8) is 0 Å². The van der Waals surface area contributed by atoms with E-state index in [1.807, 2.05) is 0 Å². The average Bonchev–Trinajstić information content (AvgIpc) is 3.17. The first-order valence-electron chi connectivity index (χ1n) is 8.53. The Balaban J connectivity index is 1.53. The topological polar surface area (TPSA) is 68.2 Å². The number of hydrogen-bond donors (Lipinski definition) is 0. The Bertz CT molecular complexity index is 624. The molecule has 0 unspecified atom stereocenters. The molecule has 3 heterocycles. The van der Waals surface area contributed by atoms with Gasteiger partial charge in [0.05, 0.1) is 5.69 Å². The second kappa shape index (κ2) is 6.83. The summed E-state index contributed by atoms with van der Waals surface area (Å²) in [6.07, 6.45) is 3.89. The zero-order valence-electron chi connectivity index (χ0n) is 14.5. The van der Waals surface area contributed by atoms with Crippen molar-refractivity contribution in [1.82, 2.24) is 20.0 Å². The van der Waals surface area contributed by atoms with E-state index >= 15 is 0 Å². The summed E-state index contributed by atoms with van der Waals surface area (Å²) in [5.41, 5.74) is 1.02. The van der Waals surface area contributed by atoms with Crippen LogP contribution in [0.25, 0.3) is 0 Å². The van der Waals surface area contributed by atoms with Crippen LogP contribution in [-0.2, 0) is 6.54 Å². The standard InChI is InChI=1S/C17H26N4O2/c1-11(2)15-19-17(23-20-15)13-5-7-21(8-6-13)9-14-10-22-16(18-14)12(3)4/h10-13H,5-9H2,1-4H3. The molecule has 6 heteroatoms. The molecular weight excluding hydrogens is 292 g/mol. The predicted octanol–water partition coefficient (Wildman–Crippen LogP) is 3.68. The molecule has 1 saturated heterocycles. The Morgan fingerprint density at radius 1 is 1.13 bits per heavy atom. The number of likely N-dealkylation sites (tertiary alicyclic amines) is 1. The van der Waals surface area contributed by atoms with Crippen LogP contribution in [-0.4, -0.2) is 33.1 Å². The minimum atomic E-state index is 0.315. The maximum Gasteiger partial charge on any atom is 0.229 e. The first-order valence-corrected chi connectivity index (χ1v) is 8.53. The van der Waals surface area contributed by atoms with E-state index in [0.29, 0.717) is 17.8 Å². The van der Waals surface area contributed by atoms with E-state index in [1.54, 1.807) is 6.26 Å². The van der Waals surface area contributed by atoms with Crippen molar-refractivity contribution < 1.29 is 8.94 Å². The Morgan fingerprint density at radius 3 is 2.43 bits per heavy atom. The highest BCUT2D eigenvalue weighted by Gasteiger charge is 2.26. The summed E-state index contributed by atoms with van der Waals surface area (Å²) in [6.45, 7) is 11.3. The van der Waals surface area contributed by atoms with Gasteiger partial charge in [0.2, 0.25) is 5.89 Å². The lowest BCUT2D eigenvalue weighted by Gasteiger charge is -2.29. The van der Waals surface area contributed by atoms with Crippen LogP contribution in [0.1, 0.15) is 81.6 Å². The molecule has 0 amide bonds. The number of nitrogens with zero attached hydrogens (tertiary/aromatic N) is 4. The van der Waals surface area contributed by atoms with E-state index in [-0.39, 0.29) is 0 Å². The molecule has 0 radical (unpaired) electrons. The summed E-state index contributed by atoms with van der Waals surface area (Å²) in [5, 5.41) is 4.07. The third-order valence-corrected chi connectivity index (χ3v) is 4.36. The van der Waals surface area contributed by atoms with Crippen LogP contribution in [0.4, 0.5) is 0 Å². The molecule has 1 fully saturated rings. The molecule has 6 nitrogen and oxygen atoms in total. The number of piperidine rings is 1. The molecular formula is C17H26N4O2. The minimum absolute atomic E-state index is 0.315. The lowest BCUT2D eigenvalue weighted by Crippen LogP contribution is -2.32. The van der Waals surface area contributed by atoms with E-state index in [9.17, 15) is 0 Å². The first kappa shape index (κ1) is 16.2. The molecule has 23 heavy (non-hydrogen) atoms. The molecule has 3 rings (SSSR count). The normalized spacial score (nSPS) is 17.5. The molecule has 2 aromatic rings. The molecule has 0 N–H and O–H groups in total. The van der Waals surface area contributed by atoms with Crippen molar-refractivity contribution in [3.8, 4) is 0 Å². The van der Waals surface area contributed by atoms with Crippen LogP contribution in [0.15, 0.2) is 15.2 Å². The van der Waals surface area contributed by atoms with Gasteiger partial charge in [0, 0.05) is 24.3 Å². The monoisotopic (exact) mass is 318 g/mol. The lowest BCUT2D eigenvalue weighted by atomic mass is 9.96. The first-order chi connectivity index (χ1) is 11.0. The van der Waals surface area contributed by atoms with Crippen LogP contribution in [0.2, 0.25) is 0 Å². The van der Waals surface area contributed by atoms with Crippen LogP contribution >= 0.6 is 0 Å². The number of rotatable bonds is 5. The van der Waals surface area contributed by atoms with Gasteiger partial charge in [0.25, 0.3) is 0 Å². The molecule has 0 spiro atoms. The zero-order chi connectivity index (χ0) is 16.4. The molecule has 0 aromatic carbocycles. The molecule has 2 aromatic heterocycles. The van der Waals surface area contributed by atoms with E-state index in [0.717, 1.165) is 55.8 Å². The molecule has 0 bridgehead atoms. The number of aromatic nitrogens is 3. The van der Waals surface area contributed by atoms with Crippen molar-refractivity contribution in [3.05, 3.63) is 29.6 Å². The summed E-state index contributed by atoms with van der Waals surface area (Å²) in [5.74, 6) is 3.47. The molecule has 0 atom stereocenters. The summed E-state index contributed by atoms with van der Waals surface area (Å²) in [7, 11) is 0. The smallest absolute Gasteiger partial charge is 0.229 e. The number of hydrogen-bond acceptors (Lipinski definition) is 6. The predicted molar refractivity (Wildman–Crippen MR) is 86.2 cm³/mol. The van der Waals surface area contributed by atoms with Gasteiger partial charge in [0.15, 0.2) is 11.7 Å². The van der Waals surface area contributed by atoms with Gasteiger partial charge < -0.3 is 8.94 Å². The van der Waals surface area contributed by atoms with E-state index in [1.165, 1.54) is 0 Å². The Kier molecular flexibility index (Phi) is 4.80. The lowest BCUT2D eigenvalue weighted by molar-refractivity contribution is 0.186. The molecule has 0 aliphatic carbocycles. The Morgan fingerprint density at radius 2 is 1.87 bits per heavy atom. The third kappa shape index (κ3) is 3.80. The van der Waals surface area contributed by atoms with Crippen LogP contribution in [0.3, 0.4) is 0 Å². The van der Waals surface area contributed by atoms with Gasteiger partial charge in [-0.05, 0) is 25.9 Å². The fraction of sp³-hybridized carbons (Fsp3) is 0.706. The highest BCUT2D eigenvalue weighted by molar-refractivity contribution is 5.02. The average molecular weight is 318 g/mol. The van der Waals surface area contributed by atoms with Crippen molar-refractivity contribution in [2.45, 2.75) is 64.8 Å². The van der Waals surface area contributed by atoms with Crippen molar-refractivity contribution in [2.24, 2.45) is 0 Å². The quantitative estimate of drug-likeness (QED) is 0.837. The van der Waals surface area contributed by atoms with Gasteiger partial charge >= 0.3 is 0 Å². The summed E-state index contributed by atoms with van der Waals surface area (Å²) < 4.78 is 11.0. The van der Waals surface area contributed by atoms with Crippen LogP contribution in [0.5, 0.6) is 0 Å². The van der Waals surface area contributed by atoms with E-state index in [2.05, 4.69) is 47.7 Å². The van der Waals surface area contributed by atoms with Crippen LogP contribution in [0, 0.1) is 0 Å². The minimum Gasteiger partial charge on any atom is -0.448 e. The van der Waals surface area contributed by atoms with Gasteiger partial charge in [-0.2, -0.15) is 4.98 Å². The Hall–Kier alpha value is -1.69. The van der Waals surface area contributed by atoms with Crippen molar-refractivity contribution in [2.75, 3.05) is 13.1 Å². The van der Waals surface area contributed by atoms with Gasteiger partial charge in [-0.3, -0.25) is 4.90 Å². The molecule has 126 valence electrons. The largest absolute Gasteiger partial charge is 0.448 e. The fourth-order valence-electron chi connectivity index (χ4n) is 2.88. The molecule has 1 aliphatic heterocycles. The van der Waals surface area contributed by atoms with Gasteiger partial charge in [0.1, 0.15) is 6.26 Å². The van der Waals surface area contributed by atoms with Gasteiger partial charge in [-0.1, -0.05) is 32.9 Å². The molecule has 1 aliphatic rings. The number of oxazole rings is 1. The van der Waals surface area contributed by atoms with Crippen molar-refractivity contribution >= 4 is 0 Å². The highest BCUT2D eigenvalue weighted by atomic mass is 16.5. The molecule has 0 saturated carbocycles. The second-order valence-electron chi connectivity index (χ2n) is 7.03. The summed E-state index contributed by atoms with van der Waals surface area (Å²) in [6, 6.07) is 0. The van der Waals surface area contributed by atoms with Crippen molar-refractivity contribution in [1.29, 1.82) is 0 Å². The Labute approximate surface area is 137 Å². The zero-order valence-corrected chi connectivity index (χ0v) is 14.5. The fourth-order valence-corrected chi connectivity index (χ4v) is 2.88. The third-order valence-electron chi connectivity index (χ3n) is 4.36. The van der Waals surface area contributed by atoms with Gasteiger partial charge in [-0.15, -0.1) is 0 Å². The van der Waals surface area contributed by atoms with E-state index < -0.39 is 0 Å². The van der Waals surface area contributed by atoms with Gasteiger partial charge in [-0.25, -0.2) is 4.98 Å². The highest BCUT2D eigenvalue weighted by Crippen LogP contribution is 2.28. The SMILES string of the molecule is CC(C)c1noc(C2CCN(Cc3coc(C(C)C)n3)CC2)n1. The van der Waals surface area contributed by atoms with Crippen LogP contribution < -0.4 is 0 Å². The maximum atomic E-state index is 5.51. The maximum absolute atomic E-state index is 5.51.